The molecule has 2 aliphatic rings. The van der Waals surface area contributed by atoms with E-state index in [1.54, 1.807) is 36.2 Å². The maximum absolute atomic E-state index is 13.2. The highest BCUT2D eigenvalue weighted by Gasteiger charge is 2.42. The smallest absolute Gasteiger partial charge is 0.273 e. The molecule has 1 saturated heterocycles. The van der Waals surface area contributed by atoms with Gasteiger partial charge in [0.15, 0.2) is 0 Å². The first kappa shape index (κ1) is 18.0. The van der Waals surface area contributed by atoms with Crippen LogP contribution in [-0.2, 0) is 10.2 Å². The van der Waals surface area contributed by atoms with Gasteiger partial charge in [-0.15, -0.1) is 0 Å². The average molecular weight is 385 g/mol. The molecule has 2 aromatic heterocycles. The summed E-state index contributed by atoms with van der Waals surface area (Å²) in [7, 11) is 0. The zero-order valence-electron chi connectivity index (χ0n) is 16.1. The summed E-state index contributed by atoms with van der Waals surface area (Å²) >= 11 is 1.67. The number of aromatic nitrogens is 1. The Hall–Kier alpha value is -2.41. The Kier molecular flexibility index (Phi) is 4.03. The molecule has 2 aliphatic heterocycles. The van der Waals surface area contributed by atoms with Gasteiger partial charge in [0.25, 0.3) is 5.91 Å². The van der Waals surface area contributed by atoms with Crippen molar-refractivity contribution in [3.05, 3.63) is 40.3 Å². The minimum atomic E-state index is -0.881. The van der Waals surface area contributed by atoms with Crippen LogP contribution in [0.5, 0.6) is 0 Å². The van der Waals surface area contributed by atoms with E-state index in [0.29, 0.717) is 18.8 Å². The molecule has 0 saturated carbocycles. The van der Waals surface area contributed by atoms with Crippen LogP contribution in [0.15, 0.2) is 29.0 Å². The summed E-state index contributed by atoms with van der Waals surface area (Å²) in [4.78, 5) is 34.0. The highest BCUT2D eigenvalue weighted by Crippen LogP contribution is 2.43. The lowest BCUT2D eigenvalue weighted by molar-refractivity contribution is -0.133. The molecule has 0 unspecified atom stereocenters. The van der Waals surface area contributed by atoms with Gasteiger partial charge in [-0.3, -0.25) is 9.59 Å². The van der Waals surface area contributed by atoms with Crippen LogP contribution < -0.4 is 10.2 Å². The molecule has 0 aliphatic carbocycles. The van der Waals surface area contributed by atoms with Crippen molar-refractivity contribution in [2.75, 3.05) is 24.5 Å². The highest BCUT2D eigenvalue weighted by molar-refractivity contribution is 7.08. The van der Waals surface area contributed by atoms with Gasteiger partial charge in [0.05, 0.1) is 17.1 Å². The number of nitrogens with zero attached hydrogens (tertiary/aromatic N) is 3. The second-order valence-electron chi connectivity index (χ2n) is 8.29. The Labute approximate surface area is 163 Å². The Bertz CT molecular complexity index is 905. The average Bonchev–Trinajstić information content (AvgIpc) is 3.23. The van der Waals surface area contributed by atoms with E-state index in [-0.39, 0.29) is 17.2 Å². The van der Waals surface area contributed by atoms with E-state index in [0.717, 1.165) is 23.6 Å². The zero-order chi connectivity index (χ0) is 19.4. The van der Waals surface area contributed by atoms with E-state index in [1.165, 1.54) is 0 Å². The molecule has 2 amide bonds. The summed E-state index contributed by atoms with van der Waals surface area (Å²) < 4.78 is 0. The van der Waals surface area contributed by atoms with Crippen molar-refractivity contribution >= 4 is 34.5 Å². The second kappa shape index (κ2) is 6.05. The second-order valence-corrected chi connectivity index (χ2v) is 9.07. The van der Waals surface area contributed by atoms with E-state index in [1.807, 2.05) is 6.07 Å². The van der Waals surface area contributed by atoms with Crippen LogP contribution in [0.1, 0.15) is 43.9 Å². The van der Waals surface area contributed by atoms with Gasteiger partial charge in [-0.2, -0.15) is 11.3 Å². The predicted octanol–water partition coefficient (Wildman–Crippen LogP) is 2.92. The minimum Gasteiger partial charge on any atom is -0.352 e. The zero-order valence-corrected chi connectivity index (χ0v) is 16.9. The number of carbonyl (C=O) groups is 2. The Balaban J connectivity index is 1.71. The number of carbonyl (C=O) groups excluding carboxylic acids is 2. The third-order valence-electron chi connectivity index (χ3n) is 5.49. The fraction of sp³-hybridized carbons (Fsp3) is 0.450. The van der Waals surface area contributed by atoms with Crippen molar-refractivity contribution in [1.82, 2.24) is 15.2 Å². The third kappa shape index (κ3) is 2.81. The number of thiophene rings is 1. The van der Waals surface area contributed by atoms with Crippen LogP contribution in [0.3, 0.4) is 0 Å². The van der Waals surface area contributed by atoms with Crippen LogP contribution in [-0.4, -0.2) is 46.9 Å². The molecular formula is C20H24N4O2S. The van der Waals surface area contributed by atoms with Gasteiger partial charge in [0, 0.05) is 30.4 Å². The van der Waals surface area contributed by atoms with Crippen LogP contribution >= 0.6 is 11.3 Å². The predicted molar refractivity (Wildman–Crippen MR) is 107 cm³/mol. The summed E-state index contributed by atoms with van der Waals surface area (Å²) in [5.41, 5.74) is 2.49. The van der Waals surface area contributed by atoms with Gasteiger partial charge in [-0.25, -0.2) is 4.98 Å². The molecule has 6 nitrogen and oxygen atoms in total. The first-order valence-corrected chi connectivity index (χ1v) is 10.1. The molecule has 7 heteroatoms. The van der Waals surface area contributed by atoms with E-state index >= 15 is 0 Å². The molecule has 1 N–H and O–H groups in total. The number of hydrogen-bond acceptors (Lipinski definition) is 5. The van der Waals surface area contributed by atoms with Crippen LogP contribution in [0, 0.1) is 0 Å². The quantitative estimate of drug-likeness (QED) is 0.865. The molecule has 0 radical (unpaired) electrons. The topological polar surface area (TPSA) is 65.5 Å². The van der Waals surface area contributed by atoms with E-state index in [4.69, 9.17) is 4.98 Å². The summed E-state index contributed by atoms with van der Waals surface area (Å²) in [6.45, 7) is 9.62. The first-order valence-electron chi connectivity index (χ1n) is 9.13. The number of hydrogen-bond donors (Lipinski definition) is 1. The maximum atomic E-state index is 13.2. The van der Waals surface area contributed by atoms with Crippen molar-refractivity contribution in [2.24, 2.45) is 0 Å². The molecule has 0 aromatic carbocycles. The minimum absolute atomic E-state index is 0.132. The summed E-state index contributed by atoms with van der Waals surface area (Å²) in [5, 5.41) is 7.01. The van der Waals surface area contributed by atoms with Gasteiger partial charge in [0.2, 0.25) is 5.91 Å². The van der Waals surface area contributed by atoms with Crippen molar-refractivity contribution in [2.45, 2.75) is 38.6 Å². The highest BCUT2D eigenvalue weighted by atomic mass is 32.1. The number of pyridine rings is 1. The van der Waals surface area contributed by atoms with Crippen molar-refractivity contribution < 1.29 is 9.59 Å². The lowest BCUT2D eigenvalue weighted by Crippen LogP contribution is -2.63. The van der Waals surface area contributed by atoms with Crippen LogP contribution in [0.4, 0.5) is 11.4 Å². The molecule has 0 bridgehead atoms. The molecule has 142 valence electrons. The van der Waals surface area contributed by atoms with E-state index in [2.05, 4.69) is 40.9 Å². The van der Waals surface area contributed by atoms with Gasteiger partial charge >= 0.3 is 0 Å². The molecule has 4 heterocycles. The molecule has 27 heavy (non-hydrogen) atoms. The summed E-state index contributed by atoms with van der Waals surface area (Å²) in [6.07, 6.45) is 0. The largest absolute Gasteiger partial charge is 0.352 e. The standard InChI is InChI=1S/C20H24N4O2S/c1-19(2)12-23(13-7-10-27-11-13)15-6-5-14(22-16(15)19)17(25)24-9-8-21-18(26)20(24,3)4/h5-7,10-11H,8-9,12H2,1-4H3,(H,21,26). The number of nitrogens with one attached hydrogen (secondary N) is 1. The van der Waals surface area contributed by atoms with E-state index < -0.39 is 5.54 Å². The molecule has 0 spiro atoms. The van der Waals surface area contributed by atoms with Gasteiger partial charge in [-0.1, -0.05) is 13.8 Å². The van der Waals surface area contributed by atoms with Gasteiger partial charge in [-0.05, 0) is 37.4 Å². The van der Waals surface area contributed by atoms with Crippen molar-refractivity contribution in [3.63, 3.8) is 0 Å². The maximum Gasteiger partial charge on any atom is 0.273 e. The van der Waals surface area contributed by atoms with Crippen LogP contribution in [0.25, 0.3) is 0 Å². The van der Waals surface area contributed by atoms with Gasteiger partial charge < -0.3 is 15.1 Å². The Morgan fingerprint density at radius 2 is 2.00 bits per heavy atom. The fourth-order valence-electron chi connectivity index (χ4n) is 3.88. The number of amides is 2. The normalized spacial score (nSPS) is 20.4. The number of fused-ring (bicyclic) bond motifs is 1. The first-order chi connectivity index (χ1) is 12.7. The molecule has 0 atom stereocenters. The fourth-order valence-corrected chi connectivity index (χ4v) is 4.52. The molecular weight excluding hydrogens is 360 g/mol. The molecule has 4 rings (SSSR count). The molecule has 1 fully saturated rings. The van der Waals surface area contributed by atoms with Gasteiger partial charge in [0.1, 0.15) is 11.2 Å². The van der Waals surface area contributed by atoms with Crippen molar-refractivity contribution in [1.29, 1.82) is 0 Å². The summed E-state index contributed by atoms with van der Waals surface area (Å²) in [5.74, 6) is -0.324. The summed E-state index contributed by atoms with van der Waals surface area (Å²) in [6, 6.07) is 5.87. The number of anilines is 2. The Morgan fingerprint density at radius 3 is 2.70 bits per heavy atom. The Morgan fingerprint density at radius 1 is 1.22 bits per heavy atom. The SMILES string of the molecule is CC1(C)CN(c2ccsc2)c2ccc(C(=O)N3CCNC(=O)C3(C)C)nc21. The molecule has 2 aromatic rings. The lowest BCUT2D eigenvalue weighted by atomic mass is 9.91. The lowest BCUT2D eigenvalue weighted by Gasteiger charge is -2.41. The monoisotopic (exact) mass is 384 g/mol. The number of piperazine rings is 1. The van der Waals surface area contributed by atoms with E-state index in [9.17, 15) is 9.59 Å². The number of rotatable bonds is 2. The van der Waals surface area contributed by atoms with Crippen LogP contribution in [0.2, 0.25) is 0 Å². The van der Waals surface area contributed by atoms with Crippen molar-refractivity contribution in [3.8, 4) is 0 Å². The third-order valence-corrected chi connectivity index (χ3v) is 6.16.